The molecular formula is C23H21ClN4O2. The first-order chi connectivity index (χ1) is 14.1. The lowest BCUT2D eigenvalue weighted by Crippen LogP contribution is -2.15. The quantitative estimate of drug-likeness (QED) is 0.485. The number of amides is 1. The topological polar surface area (TPSA) is 90.1 Å². The number of hydrogen-bond acceptors (Lipinski definition) is 5. The fraction of sp³-hybridized carbons (Fsp3) is 0.0870. The average molecular weight is 421 g/mol. The van der Waals surface area contributed by atoms with Crippen molar-refractivity contribution in [2.45, 2.75) is 13.5 Å². The van der Waals surface area contributed by atoms with Gasteiger partial charge in [0.2, 0.25) is 0 Å². The van der Waals surface area contributed by atoms with E-state index in [2.05, 4.69) is 15.3 Å². The maximum absolute atomic E-state index is 12.9. The van der Waals surface area contributed by atoms with Crippen molar-refractivity contribution in [3.8, 4) is 5.75 Å². The highest BCUT2D eigenvalue weighted by Crippen LogP contribution is 2.24. The second-order valence-corrected chi connectivity index (χ2v) is 6.67. The van der Waals surface area contributed by atoms with E-state index in [0.29, 0.717) is 22.7 Å². The number of anilines is 2. The normalized spacial score (nSPS) is 10.3. The van der Waals surface area contributed by atoms with Gasteiger partial charge in [0.25, 0.3) is 5.91 Å². The summed E-state index contributed by atoms with van der Waals surface area (Å²) in [5.74, 6) is 0.434. The summed E-state index contributed by atoms with van der Waals surface area (Å²) < 4.78 is 5.75. The molecule has 0 unspecified atom stereocenters. The summed E-state index contributed by atoms with van der Waals surface area (Å²) in [6.07, 6.45) is 3.32. The number of nitrogens with two attached hydrogens (primary N) is 1. The summed E-state index contributed by atoms with van der Waals surface area (Å²) in [7, 11) is 0. The molecule has 2 heterocycles. The summed E-state index contributed by atoms with van der Waals surface area (Å²) >= 11 is 0. The minimum Gasteiger partial charge on any atom is -0.487 e. The highest BCUT2D eigenvalue weighted by atomic mass is 35.5. The Bertz CT molecular complexity index is 1180. The van der Waals surface area contributed by atoms with Crippen LogP contribution in [0.5, 0.6) is 5.75 Å². The number of carbonyl (C=O) groups is 1. The van der Waals surface area contributed by atoms with Crippen LogP contribution in [0.1, 0.15) is 21.6 Å². The molecule has 152 valence electrons. The van der Waals surface area contributed by atoms with E-state index >= 15 is 0 Å². The largest absolute Gasteiger partial charge is 0.487 e. The lowest BCUT2D eigenvalue weighted by atomic mass is 10.1. The van der Waals surface area contributed by atoms with Crippen molar-refractivity contribution in [1.82, 2.24) is 9.97 Å². The van der Waals surface area contributed by atoms with Gasteiger partial charge in [-0.05, 0) is 49.4 Å². The molecule has 0 saturated carbocycles. The molecule has 4 aromatic rings. The van der Waals surface area contributed by atoms with Crippen molar-refractivity contribution in [2.75, 3.05) is 11.1 Å². The number of halogens is 1. The zero-order valence-electron chi connectivity index (χ0n) is 16.3. The molecule has 0 radical (unpaired) electrons. The van der Waals surface area contributed by atoms with Gasteiger partial charge in [-0.1, -0.05) is 18.2 Å². The van der Waals surface area contributed by atoms with Gasteiger partial charge in [0, 0.05) is 39.8 Å². The van der Waals surface area contributed by atoms with Crippen molar-refractivity contribution < 1.29 is 9.53 Å². The molecule has 30 heavy (non-hydrogen) atoms. The predicted octanol–water partition coefficient (Wildman–Crippen LogP) is 4.77. The van der Waals surface area contributed by atoms with Crippen molar-refractivity contribution in [1.29, 1.82) is 0 Å². The molecule has 0 atom stereocenters. The minimum absolute atomic E-state index is 0. The van der Waals surface area contributed by atoms with E-state index in [4.69, 9.17) is 10.5 Å². The number of rotatable bonds is 5. The number of carbonyl (C=O) groups excluding carboxylic acids is 1. The molecule has 3 N–H and O–H groups in total. The molecular weight excluding hydrogens is 400 g/mol. The lowest BCUT2D eigenvalue weighted by Gasteiger charge is -2.12. The lowest BCUT2D eigenvalue weighted by molar-refractivity contribution is 0.102. The van der Waals surface area contributed by atoms with E-state index in [1.807, 2.05) is 55.5 Å². The van der Waals surface area contributed by atoms with E-state index in [1.54, 1.807) is 24.5 Å². The average Bonchev–Trinajstić information content (AvgIpc) is 2.73. The number of ether oxygens (including phenoxy) is 1. The minimum atomic E-state index is -0.214. The number of pyridine rings is 2. The first kappa shape index (κ1) is 21.1. The van der Waals surface area contributed by atoms with Crippen molar-refractivity contribution in [3.63, 3.8) is 0 Å². The predicted molar refractivity (Wildman–Crippen MR) is 121 cm³/mol. The SMILES string of the molecule is Cc1cc(N)c2cc(NC(=O)c3ccccc3COc3cccnc3)ccc2n1.Cl. The van der Waals surface area contributed by atoms with Crippen LogP contribution in [-0.4, -0.2) is 15.9 Å². The molecule has 0 aliphatic rings. The number of aromatic nitrogens is 2. The Kier molecular flexibility index (Phi) is 6.49. The van der Waals surface area contributed by atoms with Gasteiger partial charge in [-0.25, -0.2) is 0 Å². The van der Waals surface area contributed by atoms with Gasteiger partial charge in [-0.2, -0.15) is 0 Å². The molecule has 7 heteroatoms. The molecule has 1 amide bonds. The summed E-state index contributed by atoms with van der Waals surface area (Å²) in [6.45, 7) is 2.17. The molecule has 4 rings (SSSR count). The molecule has 6 nitrogen and oxygen atoms in total. The van der Waals surface area contributed by atoms with E-state index in [0.717, 1.165) is 22.2 Å². The van der Waals surface area contributed by atoms with Crippen LogP contribution in [0, 0.1) is 6.92 Å². The summed E-state index contributed by atoms with van der Waals surface area (Å²) in [5, 5.41) is 3.75. The molecule has 0 saturated heterocycles. The third-order valence-corrected chi connectivity index (χ3v) is 4.52. The van der Waals surface area contributed by atoms with Crippen LogP contribution >= 0.6 is 12.4 Å². The number of benzene rings is 2. The van der Waals surface area contributed by atoms with E-state index in [1.165, 1.54) is 0 Å². The maximum atomic E-state index is 12.9. The van der Waals surface area contributed by atoms with Gasteiger partial charge in [0.05, 0.1) is 11.7 Å². The molecule has 0 spiro atoms. The molecule has 0 fully saturated rings. The monoisotopic (exact) mass is 420 g/mol. The molecule has 0 aliphatic heterocycles. The van der Waals surface area contributed by atoms with Crippen LogP contribution in [0.3, 0.4) is 0 Å². The number of nitrogens with one attached hydrogen (secondary N) is 1. The molecule has 0 aliphatic carbocycles. The fourth-order valence-corrected chi connectivity index (χ4v) is 3.13. The summed E-state index contributed by atoms with van der Waals surface area (Å²) in [5.41, 5.74) is 10.4. The van der Waals surface area contributed by atoms with Crippen LogP contribution in [-0.2, 0) is 6.61 Å². The van der Waals surface area contributed by atoms with Crippen molar-refractivity contribution in [2.24, 2.45) is 0 Å². The summed E-state index contributed by atoms with van der Waals surface area (Å²) in [6, 6.07) is 18.3. The maximum Gasteiger partial charge on any atom is 0.256 e. The van der Waals surface area contributed by atoms with Crippen molar-refractivity contribution in [3.05, 3.63) is 89.9 Å². The van der Waals surface area contributed by atoms with E-state index in [9.17, 15) is 4.79 Å². The van der Waals surface area contributed by atoms with E-state index < -0.39 is 0 Å². The second kappa shape index (κ2) is 9.24. The van der Waals surface area contributed by atoms with Gasteiger partial charge in [-0.15, -0.1) is 12.4 Å². The Morgan fingerprint density at radius 2 is 1.93 bits per heavy atom. The molecule has 2 aromatic carbocycles. The third kappa shape index (κ3) is 4.67. The Morgan fingerprint density at radius 1 is 1.10 bits per heavy atom. The Hall–Kier alpha value is -3.64. The second-order valence-electron chi connectivity index (χ2n) is 6.67. The number of hydrogen-bond donors (Lipinski definition) is 2. The zero-order valence-corrected chi connectivity index (χ0v) is 17.1. The first-order valence-corrected chi connectivity index (χ1v) is 9.19. The zero-order chi connectivity index (χ0) is 20.2. The van der Waals surface area contributed by atoms with Crippen LogP contribution in [0.2, 0.25) is 0 Å². The number of nitrogens with zero attached hydrogens (tertiary/aromatic N) is 2. The van der Waals surface area contributed by atoms with E-state index in [-0.39, 0.29) is 24.9 Å². The van der Waals surface area contributed by atoms with Crippen LogP contribution in [0.15, 0.2) is 73.1 Å². The highest BCUT2D eigenvalue weighted by molar-refractivity contribution is 6.06. The van der Waals surface area contributed by atoms with Gasteiger partial charge in [0.1, 0.15) is 12.4 Å². The number of fused-ring (bicyclic) bond motifs is 1. The fourth-order valence-electron chi connectivity index (χ4n) is 3.13. The smallest absolute Gasteiger partial charge is 0.256 e. The van der Waals surface area contributed by atoms with Gasteiger partial charge < -0.3 is 15.8 Å². The third-order valence-electron chi connectivity index (χ3n) is 4.52. The van der Waals surface area contributed by atoms with Crippen LogP contribution in [0.25, 0.3) is 10.9 Å². The summed E-state index contributed by atoms with van der Waals surface area (Å²) in [4.78, 5) is 21.4. The van der Waals surface area contributed by atoms with Gasteiger partial charge >= 0.3 is 0 Å². The number of aryl methyl sites for hydroxylation is 1. The van der Waals surface area contributed by atoms with Crippen LogP contribution in [0.4, 0.5) is 11.4 Å². The Balaban J connectivity index is 0.00000256. The first-order valence-electron chi connectivity index (χ1n) is 9.19. The van der Waals surface area contributed by atoms with Crippen molar-refractivity contribution >= 4 is 40.6 Å². The molecule has 0 bridgehead atoms. The highest BCUT2D eigenvalue weighted by Gasteiger charge is 2.13. The van der Waals surface area contributed by atoms with Gasteiger partial charge in [0.15, 0.2) is 0 Å². The number of nitrogen functional groups attached to an aromatic ring is 1. The molecule has 2 aromatic heterocycles. The Morgan fingerprint density at radius 3 is 2.73 bits per heavy atom. The van der Waals surface area contributed by atoms with Gasteiger partial charge in [-0.3, -0.25) is 14.8 Å². The Labute approximate surface area is 180 Å². The standard InChI is InChI=1S/C23H20N4O2.ClH/c1-15-11-21(24)20-12-17(8-9-22(20)26-15)27-23(28)19-7-3-2-5-16(19)14-29-18-6-4-10-25-13-18;/h2-13H,14H2,1H3,(H2,24,26)(H,27,28);1H. The van der Waals surface area contributed by atoms with Crippen LogP contribution < -0.4 is 15.8 Å².